The summed E-state index contributed by atoms with van der Waals surface area (Å²) in [6.45, 7) is 0.808. The molecule has 2 atom stereocenters. The molecule has 2 unspecified atom stereocenters. The summed E-state index contributed by atoms with van der Waals surface area (Å²) in [6.07, 6.45) is 2.73. The molecular formula is C21H20BrNO2S. The van der Waals surface area contributed by atoms with Crippen molar-refractivity contribution in [3.05, 3.63) is 69.5 Å². The lowest BCUT2D eigenvalue weighted by Crippen LogP contribution is -2.46. The molecule has 1 saturated heterocycles. The predicted octanol–water partition coefficient (Wildman–Crippen LogP) is 5.69. The number of carboxylic acids is 1. The number of halogens is 1. The van der Waals surface area contributed by atoms with E-state index in [1.165, 1.54) is 15.0 Å². The largest absolute Gasteiger partial charge is 0.480 e. The standard InChI is InChI=1S/C21H20BrNO2S/c22-16-8-5-7-15(12-16)20(23-11-4-3-9-17(23)21(24)25)19-13-14-6-1-2-10-18(14)26-19/h1-2,5-8,10,12-13,17,20H,3-4,9,11H2,(H,24,25). The molecule has 3 nitrogen and oxygen atoms in total. The topological polar surface area (TPSA) is 40.5 Å². The summed E-state index contributed by atoms with van der Waals surface area (Å²) in [6, 6.07) is 18.4. The van der Waals surface area contributed by atoms with Gasteiger partial charge in [0.2, 0.25) is 0 Å². The van der Waals surface area contributed by atoms with Crippen LogP contribution in [0.1, 0.15) is 35.7 Å². The van der Waals surface area contributed by atoms with Gasteiger partial charge >= 0.3 is 5.97 Å². The van der Waals surface area contributed by atoms with Crippen molar-refractivity contribution in [3.8, 4) is 0 Å². The van der Waals surface area contributed by atoms with Gasteiger partial charge in [-0.15, -0.1) is 11.3 Å². The number of thiophene rings is 1. The summed E-state index contributed by atoms with van der Waals surface area (Å²) in [5.41, 5.74) is 1.14. The Morgan fingerprint density at radius 2 is 2.00 bits per heavy atom. The second kappa shape index (κ2) is 7.51. The molecule has 5 heteroatoms. The Bertz CT molecular complexity index is 905. The Hall–Kier alpha value is -1.69. The minimum absolute atomic E-state index is 0.0358. The van der Waals surface area contributed by atoms with E-state index in [2.05, 4.69) is 57.2 Å². The Labute approximate surface area is 165 Å². The number of benzene rings is 2. The maximum Gasteiger partial charge on any atom is 0.320 e. The maximum atomic E-state index is 11.9. The molecule has 1 aliphatic rings. The molecule has 1 fully saturated rings. The second-order valence-electron chi connectivity index (χ2n) is 6.73. The fourth-order valence-corrected chi connectivity index (χ4v) is 5.49. The zero-order valence-electron chi connectivity index (χ0n) is 14.3. The Kier molecular flexibility index (Phi) is 5.11. The van der Waals surface area contributed by atoms with Gasteiger partial charge in [0.1, 0.15) is 6.04 Å². The van der Waals surface area contributed by atoms with Crippen LogP contribution in [0.2, 0.25) is 0 Å². The van der Waals surface area contributed by atoms with Crippen LogP contribution in [-0.2, 0) is 4.79 Å². The van der Waals surface area contributed by atoms with Crippen molar-refractivity contribution in [1.29, 1.82) is 0 Å². The zero-order valence-corrected chi connectivity index (χ0v) is 16.7. The van der Waals surface area contributed by atoms with Crippen molar-refractivity contribution in [2.45, 2.75) is 31.3 Å². The van der Waals surface area contributed by atoms with Crippen LogP contribution in [0, 0.1) is 0 Å². The summed E-state index contributed by atoms with van der Waals surface area (Å²) >= 11 is 5.34. The number of nitrogens with zero attached hydrogens (tertiary/aromatic N) is 1. The number of fused-ring (bicyclic) bond motifs is 1. The third-order valence-electron chi connectivity index (χ3n) is 5.04. The van der Waals surface area contributed by atoms with Crippen molar-refractivity contribution < 1.29 is 9.90 Å². The van der Waals surface area contributed by atoms with E-state index >= 15 is 0 Å². The van der Waals surface area contributed by atoms with Gasteiger partial charge < -0.3 is 5.11 Å². The Morgan fingerprint density at radius 1 is 1.15 bits per heavy atom. The first kappa shape index (κ1) is 17.7. The van der Waals surface area contributed by atoms with E-state index in [0.29, 0.717) is 6.42 Å². The smallest absolute Gasteiger partial charge is 0.320 e. The summed E-state index contributed by atoms with van der Waals surface area (Å²) in [7, 11) is 0. The van der Waals surface area contributed by atoms with E-state index < -0.39 is 12.0 Å². The molecule has 0 amide bonds. The van der Waals surface area contributed by atoms with Gasteiger partial charge in [0.25, 0.3) is 0 Å². The number of carboxylic acid groups (broad SMARTS) is 1. The van der Waals surface area contributed by atoms with Crippen molar-refractivity contribution in [1.82, 2.24) is 4.90 Å². The van der Waals surface area contributed by atoms with Crippen LogP contribution < -0.4 is 0 Å². The van der Waals surface area contributed by atoms with Crippen LogP contribution >= 0.6 is 27.3 Å². The Balaban J connectivity index is 1.84. The van der Waals surface area contributed by atoms with Gasteiger partial charge in [-0.05, 0) is 54.6 Å². The molecule has 0 aliphatic carbocycles. The fourth-order valence-electron chi connectivity index (χ4n) is 3.86. The third-order valence-corrected chi connectivity index (χ3v) is 6.70. The van der Waals surface area contributed by atoms with Crippen LogP contribution in [0.3, 0.4) is 0 Å². The molecule has 0 radical (unpaired) electrons. The van der Waals surface area contributed by atoms with E-state index in [-0.39, 0.29) is 6.04 Å². The van der Waals surface area contributed by atoms with E-state index in [4.69, 9.17) is 0 Å². The summed E-state index contributed by atoms with van der Waals surface area (Å²) < 4.78 is 2.26. The minimum atomic E-state index is -0.717. The normalized spacial score (nSPS) is 19.5. The zero-order chi connectivity index (χ0) is 18.1. The van der Waals surface area contributed by atoms with E-state index in [9.17, 15) is 9.90 Å². The molecule has 3 aromatic rings. The lowest BCUT2D eigenvalue weighted by molar-refractivity contribution is -0.145. The lowest BCUT2D eigenvalue weighted by atomic mass is 9.95. The molecule has 134 valence electrons. The van der Waals surface area contributed by atoms with Crippen LogP contribution in [0.15, 0.2) is 59.1 Å². The average molecular weight is 430 g/mol. The highest BCUT2D eigenvalue weighted by molar-refractivity contribution is 9.10. The van der Waals surface area contributed by atoms with E-state index in [0.717, 1.165) is 29.4 Å². The molecule has 1 aliphatic heterocycles. The molecule has 2 aromatic carbocycles. The van der Waals surface area contributed by atoms with Gasteiger partial charge in [-0.1, -0.05) is 52.7 Å². The molecule has 0 bridgehead atoms. The number of likely N-dealkylation sites (tertiary alicyclic amines) is 1. The molecule has 2 heterocycles. The molecule has 0 spiro atoms. The maximum absolute atomic E-state index is 11.9. The van der Waals surface area contributed by atoms with Gasteiger partial charge in [0, 0.05) is 14.0 Å². The number of hydrogen-bond donors (Lipinski definition) is 1. The lowest BCUT2D eigenvalue weighted by Gasteiger charge is -2.39. The van der Waals surface area contributed by atoms with Gasteiger partial charge in [0.05, 0.1) is 6.04 Å². The second-order valence-corrected chi connectivity index (χ2v) is 8.76. The van der Waals surface area contributed by atoms with Crippen molar-refractivity contribution in [2.24, 2.45) is 0 Å². The van der Waals surface area contributed by atoms with Crippen LogP contribution in [0.4, 0.5) is 0 Å². The van der Waals surface area contributed by atoms with E-state index in [1.54, 1.807) is 11.3 Å². The number of hydrogen-bond acceptors (Lipinski definition) is 3. The number of piperidine rings is 1. The number of carbonyl (C=O) groups is 1. The quantitative estimate of drug-likeness (QED) is 0.578. The van der Waals surface area contributed by atoms with Crippen molar-refractivity contribution in [3.63, 3.8) is 0 Å². The van der Waals surface area contributed by atoms with Crippen LogP contribution in [0.25, 0.3) is 10.1 Å². The molecule has 0 saturated carbocycles. The summed E-state index contributed by atoms with van der Waals surface area (Å²) in [4.78, 5) is 15.3. The van der Waals surface area contributed by atoms with E-state index in [1.807, 2.05) is 18.2 Å². The fraction of sp³-hybridized carbons (Fsp3) is 0.286. The third kappa shape index (κ3) is 3.43. The first-order valence-corrected chi connectivity index (χ1v) is 10.5. The highest BCUT2D eigenvalue weighted by Crippen LogP contribution is 2.40. The molecule has 26 heavy (non-hydrogen) atoms. The number of aliphatic carboxylic acids is 1. The molecule has 1 N–H and O–H groups in total. The van der Waals surface area contributed by atoms with Gasteiger partial charge in [-0.25, -0.2) is 0 Å². The molecule has 4 rings (SSSR count). The summed E-state index contributed by atoms with van der Waals surface area (Å²) in [5.74, 6) is -0.717. The van der Waals surface area contributed by atoms with Gasteiger partial charge in [-0.3, -0.25) is 9.69 Å². The molecular weight excluding hydrogens is 410 g/mol. The minimum Gasteiger partial charge on any atom is -0.480 e. The van der Waals surface area contributed by atoms with Crippen molar-refractivity contribution in [2.75, 3.05) is 6.54 Å². The van der Waals surface area contributed by atoms with Gasteiger partial charge in [0.15, 0.2) is 0 Å². The van der Waals surface area contributed by atoms with Crippen LogP contribution in [0.5, 0.6) is 0 Å². The average Bonchev–Trinajstić information content (AvgIpc) is 3.06. The van der Waals surface area contributed by atoms with Crippen molar-refractivity contribution >= 4 is 43.3 Å². The summed E-state index contributed by atoms with van der Waals surface area (Å²) in [5, 5.41) is 11.0. The predicted molar refractivity (Wildman–Crippen MR) is 110 cm³/mol. The molecule has 1 aromatic heterocycles. The highest BCUT2D eigenvalue weighted by atomic mass is 79.9. The van der Waals surface area contributed by atoms with Gasteiger partial charge in [-0.2, -0.15) is 0 Å². The Morgan fingerprint density at radius 3 is 2.77 bits per heavy atom. The van der Waals surface area contributed by atoms with Crippen LogP contribution in [-0.4, -0.2) is 28.6 Å². The first-order valence-electron chi connectivity index (χ1n) is 8.86. The first-order chi connectivity index (χ1) is 12.6. The highest BCUT2D eigenvalue weighted by Gasteiger charge is 2.35. The monoisotopic (exact) mass is 429 g/mol. The number of rotatable bonds is 4. The SMILES string of the molecule is O=C(O)C1CCCCN1C(c1cccc(Br)c1)c1cc2ccccc2s1.